The van der Waals surface area contributed by atoms with Crippen LogP contribution in [0.5, 0.6) is 0 Å². The first-order valence-electron chi connectivity index (χ1n) is 7.93. The molecule has 0 aliphatic rings. The maximum absolute atomic E-state index is 11.8. The second-order valence-corrected chi connectivity index (χ2v) is 6.28. The Morgan fingerprint density at radius 1 is 1.09 bits per heavy atom. The molecule has 0 bridgehead atoms. The molecular weight excluding hydrogens is 288 g/mol. The van der Waals surface area contributed by atoms with E-state index in [1.165, 1.54) is 17.8 Å². The van der Waals surface area contributed by atoms with Crippen molar-refractivity contribution in [1.29, 1.82) is 0 Å². The van der Waals surface area contributed by atoms with E-state index in [0.717, 1.165) is 22.2 Å². The van der Waals surface area contributed by atoms with E-state index >= 15 is 0 Å². The minimum Gasteiger partial charge on any atom is -0.384 e. The van der Waals surface area contributed by atoms with Crippen LogP contribution in [0.1, 0.15) is 32.4 Å². The molecular formula is C19H22N2O2. The molecule has 0 radical (unpaired) electrons. The van der Waals surface area contributed by atoms with Gasteiger partial charge in [-0.15, -0.1) is 0 Å². The number of aromatic nitrogens is 1. The van der Waals surface area contributed by atoms with Crippen LogP contribution in [0.3, 0.4) is 0 Å². The van der Waals surface area contributed by atoms with Crippen LogP contribution in [0, 0.1) is 6.92 Å². The number of amides is 1. The van der Waals surface area contributed by atoms with Gasteiger partial charge in [0.15, 0.2) is 0 Å². The lowest BCUT2D eigenvalue weighted by molar-refractivity contribution is -0.123. The number of para-hydroxylation sites is 1. The zero-order valence-electron chi connectivity index (χ0n) is 13.9. The van der Waals surface area contributed by atoms with E-state index in [1.807, 2.05) is 31.2 Å². The van der Waals surface area contributed by atoms with Gasteiger partial charge >= 0.3 is 0 Å². The van der Waals surface area contributed by atoms with Crippen molar-refractivity contribution in [3.8, 4) is 0 Å². The van der Waals surface area contributed by atoms with Crippen molar-refractivity contribution in [3.63, 3.8) is 0 Å². The van der Waals surface area contributed by atoms with Crippen molar-refractivity contribution in [2.75, 3.05) is 5.32 Å². The summed E-state index contributed by atoms with van der Waals surface area (Å²) in [5, 5.41) is 14.6. The van der Waals surface area contributed by atoms with E-state index in [4.69, 9.17) is 0 Å². The molecule has 4 heteroatoms. The van der Waals surface area contributed by atoms with Gasteiger partial charge in [0.2, 0.25) is 0 Å². The number of hydrogen-bond donors (Lipinski definition) is 2. The third-order valence-corrected chi connectivity index (χ3v) is 4.29. The fourth-order valence-electron chi connectivity index (χ4n) is 3.19. The van der Waals surface area contributed by atoms with Gasteiger partial charge in [0.05, 0.1) is 0 Å². The maximum atomic E-state index is 11.8. The Hall–Kier alpha value is -2.33. The number of fused-ring (bicyclic) bond motifs is 3. The van der Waals surface area contributed by atoms with Crippen LogP contribution in [0.15, 0.2) is 36.4 Å². The SMILES string of the molecule is Cc1c(NC(=O)C(C)O)ccc2c1c1ccccc1n2C(C)C. The monoisotopic (exact) mass is 310 g/mol. The first-order valence-corrected chi connectivity index (χ1v) is 7.93. The second kappa shape index (κ2) is 5.70. The highest BCUT2D eigenvalue weighted by molar-refractivity contribution is 6.12. The molecule has 0 aliphatic carbocycles. The molecule has 2 aromatic carbocycles. The molecule has 0 saturated heterocycles. The average Bonchev–Trinajstić information content (AvgIpc) is 2.84. The van der Waals surface area contributed by atoms with Gasteiger partial charge in [-0.05, 0) is 51.5 Å². The summed E-state index contributed by atoms with van der Waals surface area (Å²) in [4.78, 5) is 11.8. The van der Waals surface area contributed by atoms with E-state index < -0.39 is 6.10 Å². The van der Waals surface area contributed by atoms with E-state index in [2.05, 4.69) is 35.9 Å². The fourth-order valence-corrected chi connectivity index (χ4v) is 3.19. The maximum Gasteiger partial charge on any atom is 0.252 e. The summed E-state index contributed by atoms with van der Waals surface area (Å²) in [5.74, 6) is -0.389. The molecule has 1 heterocycles. The zero-order valence-corrected chi connectivity index (χ0v) is 13.9. The third-order valence-electron chi connectivity index (χ3n) is 4.29. The molecule has 0 saturated carbocycles. The number of aliphatic hydroxyl groups excluding tert-OH is 1. The highest BCUT2D eigenvalue weighted by atomic mass is 16.3. The van der Waals surface area contributed by atoms with Crippen LogP contribution in [0.2, 0.25) is 0 Å². The summed E-state index contributed by atoms with van der Waals surface area (Å²) >= 11 is 0. The standard InChI is InChI=1S/C19H22N2O2/c1-11(2)21-16-8-6-5-7-14(16)18-12(3)15(9-10-17(18)21)20-19(23)13(4)22/h5-11,13,22H,1-4H3,(H,20,23). The number of anilines is 1. The van der Waals surface area contributed by atoms with Gasteiger partial charge in [-0.2, -0.15) is 0 Å². The quantitative estimate of drug-likeness (QED) is 0.768. The minimum atomic E-state index is -1.03. The highest BCUT2D eigenvalue weighted by Gasteiger charge is 2.17. The summed E-state index contributed by atoms with van der Waals surface area (Å²) < 4.78 is 2.32. The van der Waals surface area contributed by atoms with E-state index in [1.54, 1.807) is 0 Å². The normalized spacial score (nSPS) is 13.0. The number of carbonyl (C=O) groups is 1. The summed E-state index contributed by atoms with van der Waals surface area (Å²) in [6.45, 7) is 7.82. The van der Waals surface area contributed by atoms with Gasteiger partial charge in [0, 0.05) is 33.5 Å². The molecule has 0 aliphatic heterocycles. The lowest BCUT2D eigenvalue weighted by atomic mass is 10.1. The van der Waals surface area contributed by atoms with Crippen LogP contribution in [0.4, 0.5) is 5.69 Å². The second-order valence-electron chi connectivity index (χ2n) is 6.28. The molecule has 0 fully saturated rings. The van der Waals surface area contributed by atoms with Crippen LogP contribution in [-0.2, 0) is 4.79 Å². The van der Waals surface area contributed by atoms with Crippen molar-refractivity contribution in [2.45, 2.75) is 39.8 Å². The molecule has 1 unspecified atom stereocenters. The van der Waals surface area contributed by atoms with Crippen molar-refractivity contribution < 1.29 is 9.90 Å². The molecule has 23 heavy (non-hydrogen) atoms. The lowest BCUT2D eigenvalue weighted by Gasteiger charge is -2.14. The molecule has 120 valence electrons. The highest BCUT2D eigenvalue weighted by Crippen LogP contribution is 2.36. The molecule has 1 atom stereocenters. The van der Waals surface area contributed by atoms with Gasteiger partial charge in [0.1, 0.15) is 6.10 Å². The number of benzene rings is 2. The number of rotatable bonds is 3. The number of aliphatic hydroxyl groups is 1. The number of nitrogens with one attached hydrogen (secondary N) is 1. The number of carbonyl (C=O) groups excluding carboxylic acids is 1. The first kappa shape index (κ1) is 15.6. The van der Waals surface area contributed by atoms with Crippen LogP contribution in [0.25, 0.3) is 21.8 Å². The van der Waals surface area contributed by atoms with Gasteiger partial charge in [-0.3, -0.25) is 4.79 Å². The van der Waals surface area contributed by atoms with Crippen LogP contribution >= 0.6 is 0 Å². The Morgan fingerprint density at radius 2 is 1.78 bits per heavy atom. The van der Waals surface area contributed by atoms with Crippen molar-refractivity contribution in [2.24, 2.45) is 0 Å². The Bertz CT molecular complexity index is 891. The van der Waals surface area contributed by atoms with Gasteiger partial charge in [0.25, 0.3) is 5.91 Å². The zero-order chi connectivity index (χ0) is 16.7. The molecule has 0 spiro atoms. The summed E-state index contributed by atoms with van der Waals surface area (Å²) in [6.07, 6.45) is -1.03. The fraction of sp³-hybridized carbons (Fsp3) is 0.316. The molecule has 3 rings (SSSR count). The number of aryl methyl sites for hydroxylation is 1. The number of nitrogens with zero attached hydrogens (tertiary/aromatic N) is 1. The number of hydrogen-bond acceptors (Lipinski definition) is 2. The molecule has 1 amide bonds. The molecule has 2 N–H and O–H groups in total. The predicted octanol–water partition coefficient (Wildman–Crippen LogP) is 4.00. The summed E-state index contributed by atoms with van der Waals surface area (Å²) in [6, 6.07) is 12.6. The van der Waals surface area contributed by atoms with Crippen molar-refractivity contribution >= 4 is 33.4 Å². The third kappa shape index (κ3) is 2.49. The van der Waals surface area contributed by atoms with Gasteiger partial charge in [-0.1, -0.05) is 18.2 Å². The van der Waals surface area contributed by atoms with Crippen molar-refractivity contribution in [1.82, 2.24) is 4.57 Å². The Morgan fingerprint density at radius 3 is 2.43 bits per heavy atom. The van der Waals surface area contributed by atoms with Crippen LogP contribution in [-0.4, -0.2) is 21.7 Å². The van der Waals surface area contributed by atoms with Gasteiger partial charge in [-0.25, -0.2) is 0 Å². The predicted molar refractivity (Wildman–Crippen MR) is 94.9 cm³/mol. The molecule has 1 aromatic heterocycles. The van der Waals surface area contributed by atoms with E-state index in [-0.39, 0.29) is 5.91 Å². The summed E-state index contributed by atoms with van der Waals surface area (Å²) in [5.41, 5.74) is 4.12. The Kier molecular flexibility index (Phi) is 3.86. The van der Waals surface area contributed by atoms with E-state index in [0.29, 0.717) is 6.04 Å². The lowest BCUT2D eigenvalue weighted by Crippen LogP contribution is -2.24. The van der Waals surface area contributed by atoms with Crippen LogP contribution < -0.4 is 5.32 Å². The van der Waals surface area contributed by atoms with E-state index in [9.17, 15) is 9.90 Å². The minimum absolute atomic E-state index is 0.342. The van der Waals surface area contributed by atoms with Gasteiger partial charge < -0.3 is 15.0 Å². The topological polar surface area (TPSA) is 54.3 Å². The first-order chi connectivity index (χ1) is 10.9. The average molecular weight is 310 g/mol. The largest absolute Gasteiger partial charge is 0.384 e. The van der Waals surface area contributed by atoms with Crippen molar-refractivity contribution in [3.05, 3.63) is 42.0 Å². The Balaban J connectivity index is 2.29. The smallest absolute Gasteiger partial charge is 0.252 e. The molecule has 4 nitrogen and oxygen atoms in total. The Labute approximate surface area is 135 Å². The summed E-state index contributed by atoms with van der Waals surface area (Å²) in [7, 11) is 0. The molecule has 3 aromatic rings.